The summed E-state index contributed by atoms with van der Waals surface area (Å²) in [4.78, 5) is 22.5. The third-order valence-corrected chi connectivity index (χ3v) is 3.38. The molecular weight excluding hydrogens is 230 g/mol. The zero-order valence-corrected chi connectivity index (χ0v) is 10.7. The lowest BCUT2D eigenvalue weighted by Crippen LogP contribution is -2.35. The predicted molar refractivity (Wildman–Crippen MR) is 63.2 cm³/mol. The van der Waals surface area contributed by atoms with Crippen molar-refractivity contribution in [3.63, 3.8) is 0 Å². The molecule has 2 N–H and O–H groups in total. The molecule has 0 rings (SSSR count). The molecule has 0 bridgehead atoms. The molecule has 5 nitrogen and oxygen atoms in total. The number of carbonyl (C=O) groups is 2. The van der Waals surface area contributed by atoms with Crippen molar-refractivity contribution in [2.45, 2.75) is 31.6 Å². The van der Waals surface area contributed by atoms with E-state index in [1.165, 1.54) is 18.9 Å². The van der Waals surface area contributed by atoms with E-state index in [4.69, 9.17) is 10.5 Å². The number of ether oxygens (including phenoxy) is 2. The average Bonchev–Trinajstić information content (AvgIpc) is 2.28. The highest BCUT2D eigenvalue weighted by Crippen LogP contribution is 2.17. The van der Waals surface area contributed by atoms with Gasteiger partial charge in [-0.3, -0.25) is 9.59 Å². The van der Waals surface area contributed by atoms with Gasteiger partial charge >= 0.3 is 11.9 Å². The first-order chi connectivity index (χ1) is 7.56. The minimum atomic E-state index is -0.696. The highest BCUT2D eigenvalue weighted by molar-refractivity contribution is 8.00. The van der Waals surface area contributed by atoms with Crippen molar-refractivity contribution in [1.29, 1.82) is 0 Å². The van der Waals surface area contributed by atoms with Crippen LogP contribution in [-0.4, -0.2) is 42.7 Å². The maximum atomic E-state index is 11.4. The Morgan fingerprint density at radius 3 is 2.38 bits per heavy atom. The number of carbonyl (C=O) groups excluding carboxylic acids is 2. The smallest absolute Gasteiger partial charge is 0.323 e. The number of methoxy groups -OCH3 is 1. The Morgan fingerprint density at radius 1 is 1.31 bits per heavy atom. The summed E-state index contributed by atoms with van der Waals surface area (Å²) in [6.45, 7) is 4.01. The molecule has 6 heteroatoms. The van der Waals surface area contributed by atoms with Crippen molar-refractivity contribution in [3.05, 3.63) is 0 Å². The molecule has 94 valence electrons. The zero-order valence-electron chi connectivity index (χ0n) is 9.89. The second-order valence-electron chi connectivity index (χ2n) is 3.11. The SMILES string of the molecule is CCOC(=O)C(CC)SCC(N)C(=O)OC. The van der Waals surface area contributed by atoms with Crippen LogP contribution in [0.1, 0.15) is 20.3 Å². The molecule has 0 aromatic rings. The topological polar surface area (TPSA) is 78.6 Å². The van der Waals surface area contributed by atoms with Gasteiger partial charge in [-0.25, -0.2) is 0 Å². The van der Waals surface area contributed by atoms with Gasteiger partial charge in [0.05, 0.1) is 13.7 Å². The van der Waals surface area contributed by atoms with Gasteiger partial charge in [0.15, 0.2) is 0 Å². The quantitative estimate of drug-likeness (QED) is 0.664. The first-order valence-corrected chi connectivity index (χ1v) is 6.23. The summed E-state index contributed by atoms with van der Waals surface area (Å²) >= 11 is 1.32. The molecule has 0 aromatic heterocycles. The van der Waals surface area contributed by atoms with Gasteiger partial charge in [0.25, 0.3) is 0 Å². The molecular formula is C10H19NO4S. The number of esters is 2. The monoisotopic (exact) mass is 249 g/mol. The van der Waals surface area contributed by atoms with Gasteiger partial charge in [0.1, 0.15) is 11.3 Å². The number of nitrogens with two attached hydrogens (primary N) is 1. The standard InChI is InChI=1S/C10H19NO4S/c1-4-8(10(13)15-5-2)16-6-7(11)9(12)14-3/h7-8H,4-6,11H2,1-3H3. The van der Waals surface area contributed by atoms with E-state index in [-0.39, 0.29) is 11.2 Å². The maximum absolute atomic E-state index is 11.4. The first-order valence-electron chi connectivity index (χ1n) is 5.18. The Balaban J connectivity index is 4.04. The van der Waals surface area contributed by atoms with Crippen LogP contribution >= 0.6 is 11.8 Å². The fraction of sp³-hybridized carbons (Fsp3) is 0.800. The van der Waals surface area contributed by atoms with Crippen LogP contribution in [0.25, 0.3) is 0 Å². The summed E-state index contributed by atoms with van der Waals surface area (Å²) < 4.78 is 9.39. The lowest BCUT2D eigenvalue weighted by Gasteiger charge is -2.15. The van der Waals surface area contributed by atoms with Crippen molar-refractivity contribution in [3.8, 4) is 0 Å². The lowest BCUT2D eigenvalue weighted by molar-refractivity contribution is -0.143. The molecule has 0 radical (unpaired) electrons. The normalized spacial score (nSPS) is 14.0. The van der Waals surface area contributed by atoms with Crippen LogP contribution in [-0.2, 0) is 19.1 Å². The van der Waals surface area contributed by atoms with E-state index < -0.39 is 12.0 Å². The Labute approximate surface area is 100 Å². The van der Waals surface area contributed by atoms with Gasteiger partial charge < -0.3 is 15.2 Å². The van der Waals surface area contributed by atoms with Crippen LogP contribution in [0.4, 0.5) is 0 Å². The zero-order chi connectivity index (χ0) is 12.6. The van der Waals surface area contributed by atoms with Gasteiger partial charge in [0.2, 0.25) is 0 Å². The number of hydrogen-bond acceptors (Lipinski definition) is 6. The Kier molecular flexibility index (Phi) is 8.01. The molecule has 0 heterocycles. The van der Waals surface area contributed by atoms with E-state index in [1.807, 2.05) is 6.92 Å². The third kappa shape index (κ3) is 5.37. The number of hydrogen-bond donors (Lipinski definition) is 1. The Bertz CT molecular complexity index is 235. The highest BCUT2D eigenvalue weighted by Gasteiger charge is 2.21. The van der Waals surface area contributed by atoms with Crippen molar-refractivity contribution in [2.75, 3.05) is 19.5 Å². The molecule has 2 atom stereocenters. The maximum Gasteiger partial charge on any atom is 0.323 e. The molecule has 16 heavy (non-hydrogen) atoms. The molecule has 0 spiro atoms. The van der Waals surface area contributed by atoms with Gasteiger partial charge in [-0.15, -0.1) is 11.8 Å². The largest absolute Gasteiger partial charge is 0.468 e. The van der Waals surface area contributed by atoms with Gasteiger partial charge in [-0.2, -0.15) is 0 Å². The molecule has 0 saturated carbocycles. The van der Waals surface area contributed by atoms with Gasteiger partial charge in [-0.1, -0.05) is 6.92 Å². The molecule has 0 fully saturated rings. The summed E-state index contributed by atoms with van der Waals surface area (Å²) in [5.74, 6) is -0.373. The van der Waals surface area contributed by atoms with Crippen LogP contribution < -0.4 is 5.73 Å². The minimum Gasteiger partial charge on any atom is -0.468 e. The second kappa shape index (κ2) is 8.41. The second-order valence-corrected chi connectivity index (χ2v) is 4.35. The highest BCUT2D eigenvalue weighted by atomic mass is 32.2. The molecule has 0 aliphatic carbocycles. The van der Waals surface area contributed by atoms with Crippen LogP contribution in [0, 0.1) is 0 Å². The first kappa shape index (κ1) is 15.2. The number of rotatable bonds is 7. The molecule has 0 aromatic carbocycles. The van der Waals surface area contributed by atoms with Crippen LogP contribution in [0.15, 0.2) is 0 Å². The molecule has 2 unspecified atom stereocenters. The minimum absolute atomic E-state index is 0.257. The van der Waals surface area contributed by atoms with Crippen molar-refractivity contribution in [2.24, 2.45) is 5.73 Å². The summed E-state index contributed by atoms with van der Waals surface area (Å²) in [7, 11) is 1.29. The summed E-state index contributed by atoms with van der Waals surface area (Å²) in [6.07, 6.45) is 0.650. The van der Waals surface area contributed by atoms with Crippen LogP contribution in [0.5, 0.6) is 0 Å². The summed E-state index contributed by atoms with van der Waals surface area (Å²) in [5.41, 5.74) is 5.56. The molecule has 0 aliphatic heterocycles. The lowest BCUT2D eigenvalue weighted by atomic mass is 10.3. The van der Waals surface area contributed by atoms with Crippen molar-refractivity contribution < 1.29 is 19.1 Å². The van der Waals surface area contributed by atoms with Crippen molar-refractivity contribution in [1.82, 2.24) is 0 Å². The van der Waals surface area contributed by atoms with E-state index in [0.29, 0.717) is 18.8 Å². The van der Waals surface area contributed by atoms with Crippen LogP contribution in [0.3, 0.4) is 0 Å². The van der Waals surface area contributed by atoms with Gasteiger partial charge in [0, 0.05) is 5.75 Å². The predicted octanol–water partition coefficient (Wildman–Crippen LogP) is 0.562. The van der Waals surface area contributed by atoms with Crippen LogP contribution in [0.2, 0.25) is 0 Å². The molecule has 0 amide bonds. The van der Waals surface area contributed by atoms with Crippen molar-refractivity contribution >= 4 is 23.7 Å². The van der Waals surface area contributed by atoms with E-state index in [0.717, 1.165) is 0 Å². The Hall–Kier alpha value is -0.750. The van der Waals surface area contributed by atoms with E-state index in [1.54, 1.807) is 6.92 Å². The van der Waals surface area contributed by atoms with E-state index in [9.17, 15) is 9.59 Å². The molecule has 0 saturated heterocycles. The fourth-order valence-electron chi connectivity index (χ4n) is 1.03. The average molecular weight is 249 g/mol. The van der Waals surface area contributed by atoms with Gasteiger partial charge in [-0.05, 0) is 13.3 Å². The molecule has 0 aliphatic rings. The third-order valence-electron chi connectivity index (χ3n) is 1.90. The fourth-order valence-corrected chi connectivity index (χ4v) is 2.04. The Morgan fingerprint density at radius 2 is 1.94 bits per heavy atom. The number of thioether (sulfide) groups is 1. The summed E-state index contributed by atoms with van der Waals surface area (Å²) in [6, 6.07) is -0.696. The summed E-state index contributed by atoms with van der Waals surface area (Å²) in [5, 5.41) is -0.268. The van der Waals surface area contributed by atoms with E-state index in [2.05, 4.69) is 4.74 Å². The van der Waals surface area contributed by atoms with E-state index >= 15 is 0 Å².